The van der Waals surface area contributed by atoms with E-state index in [0.29, 0.717) is 11.3 Å². The molecular weight excluding hydrogens is 489 g/mol. The number of ether oxygens (including phenoxy) is 1. The minimum absolute atomic E-state index is 0.197. The number of nitrogens with zero attached hydrogens (tertiary/aromatic N) is 6. The number of carbonyl (C=O) groups excluding carboxylic acids is 1. The third-order valence-electron chi connectivity index (χ3n) is 5.91. The summed E-state index contributed by atoms with van der Waals surface area (Å²) in [5.41, 5.74) is 1.55. The molecular formula is C23H22FN7O6. The highest BCUT2D eigenvalue weighted by atomic mass is 19.1. The highest BCUT2D eigenvalue weighted by Gasteiger charge is 2.48. The lowest BCUT2D eigenvalue weighted by molar-refractivity contribution is -0.213. The Morgan fingerprint density at radius 3 is 2.68 bits per heavy atom. The number of carbonyl (C=O) groups is 1. The molecule has 3 aromatic heterocycles. The number of benzene rings is 1. The van der Waals surface area contributed by atoms with Gasteiger partial charge < -0.3 is 29.8 Å². The van der Waals surface area contributed by atoms with Crippen molar-refractivity contribution in [2.75, 3.05) is 6.61 Å². The lowest BCUT2D eigenvalue weighted by Crippen LogP contribution is -2.52. The number of aromatic nitrogens is 6. The van der Waals surface area contributed by atoms with E-state index >= 15 is 0 Å². The Morgan fingerprint density at radius 2 is 1.92 bits per heavy atom. The molecule has 37 heavy (non-hydrogen) atoms. The number of halogens is 1. The van der Waals surface area contributed by atoms with Crippen molar-refractivity contribution in [2.24, 2.45) is 0 Å². The highest BCUT2D eigenvalue weighted by Crippen LogP contribution is 2.38. The van der Waals surface area contributed by atoms with Gasteiger partial charge in [0.15, 0.2) is 6.10 Å². The summed E-state index contributed by atoms with van der Waals surface area (Å²) in [5, 5.41) is 49.8. The van der Waals surface area contributed by atoms with Gasteiger partial charge in [-0.1, -0.05) is 17.3 Å². The molecule has 13 nitrogen and oxygen atoms in total. The van der Waals surface area contributed by atoms with E-state index in [1.165, 1.54) is 29.1 Å². The molecule has 5 atom stereocenters. The van der Waals surface area contributed by atoms with Crippen LogP contribution in [0.1, 0.15) is 34.3 Å². The average Bonchev–Trinajstić information content (AvgIpc) is 3.59. The van der Waals surface area contributed by atoms with Crippen LogP contribution < -0.4 is 5.32 Å². The summed E-state index contributed by atoms with van der Waals surface area (Å²) in [4.78, 5) is 16.4. The van der Waals surface area contributed by atoms with Gasteiger partial charge in [0.2, 0.25) is 5.89 Å². The summed E-state index contributed by atoms with van der Waals surface area (Å²) in [6.07, 6.45) is -0.747. The van der Waals surface area contributed by atoms with Crippen LogP contribution in [0.25, 0.3) is 11.3 Å². The normalized spacial score (nSPS) is 23.6. The van der Waals surface area contributed by atoms with E-state index in [0.717, 1.165) is 5.56 Å². The molecule has 5 rings (SSSR count). The number of rotatable bonds is 7. The smallest absolute Gasteiger partial charge is 0.309 e. The molecule has 4 N–H and O–H groups in total. The zero-order chi connectivity index (χ0) is 25.9. The molecule has 0 radical (unpaired) electrons. The van der Waals surface area contributed by atoms with Crippen LogP contribution in [0, 0.1) is 5.82 Å². The molecule has 0 aliphatic carbocycles. The van der Waals surface area contributed by atoms with Gasteiger partial charge in [-0.15, -0.1) is 15.3 Å². The molecule has 0 saturated carbocycles. The van der Waals surface area contributed by atoms with Gasteiger partial charge in [0.1, 0.15) is 35.9 Å². The first-order valence-electron chi connectivity index (χ1n) is 11.3. The number of nitrogens with one attached hydrogen (secondary N) is 1. The summed E-state index contributed by atoms with van der Waals surface area (Å²) in [6.45, 7) is -0.401. The van der Waals surface area contributed by atoms with Crippen molar-refractivity contribution in [3.05, 3.63) is 78.2 Å². The first kappa shape index (κ1) is 24.6. The van der Waals surface area contributed by atoms with Crippen LogP contribution in [0.5, 0.6) is 0 Å². The summed E-state index contributed by atoms with van der Waals surface area (Å²) in [5.74, 6) is -1.71. The van der Waals surface area contributed by atoms with E-state index in [4.69, 9.17) is 9.15 Å². The van der Waals surface area contributed by atoms with Crippen LogP contribution >= 0.6 is 0 Å². The van der Waals surface area contributed by atoms with Crippen LogP contribution in [0.2, 0.25) is 0 Å². The Hall–Kier alpha value is -4.11. The third-order valence-corrected chi connectivity index (χ3v) is 5.91. The van der Waals surface area contributed by atoms with Crippen LogP contribution in [0.3, 0.4) is 0 Å². The average molecular weight is 511 g/mol. The predicted octanol–water partition coefficient (Wildman–Crippen LogP) is 0.187. The van der Waals surface area contributed by atoms with Gasteiger partial charge in [-0.3, -0.25) is 9.78 Å². The molecule has 0 spiro atoms. The topological polar surface area (TPSA) is 182 Å². The van der Waals surface area contributed by atoms with Crippen molar-refractivity contribution in [3.63, 3.8) is 0 Å². The highest BCUT2D eigenvalue weighted by molar-refractivity contribution is 5.89. The molecule has 1 amide bonds. The van der Waals surface area contributed by atoms with Gasteiger partial charge in [0.25, 0.3) is 0 Å². The molecule has 1 aromatic carbocycles. The van der Waals surface area contributed by atoms with Crippen molar-refractivity contribution >= 4 is 5.91 Å². The van der Waals surface area contributed by atoms with Gasteiger partial charge in [-0.25, -0.2) is 9.07 Å². The quantitative estimate of drug-likeness (QED) is 0.266. The van der Waals surface area contributed by atoms with Crippen molar-refractivity contribution in [2.45, 2.75) is 37.0 Å². The fourth-order valence-corrected chi connectivity index (χ4v) is 4.02. The summed E-state index contributed by atoms with van der Waals surface area (Å²) < 4.78 is 25.9. The Balaban J connectivity index is 1.36. The SMILES string of the molecule is O=C(NCc1ccncc1)c1nnc([C@@H]2O[C@H](CO)[C@H](O)[C@H](n3cc(-c4cccc(F)c4)nn3)[C@H]2O)o1. The second-order valence-corrected chi connectivity index (χ2v) is 8.33. The Kier molecular flexibility index (Phi) is 6.96. The zero-order valence-corrected chi connectivity index (χ0v) is 19.1. The van der Waals surface area contributed by atoms with Gasteiger partial charge in [0.05, 0.1) is 12.8 Å². The van der Waals surface area contributed by atoms with E-state index < -0.39 is 48.8 Å². The van der Waals surface area contributed by atoms with Crippen molar-refractivity contribution in [1.29, 1.82) is 0 Å². The van der Waals surface area contributed by atoms with Crippen molar-refractivity contribution in [3.8, 4) is 11.3 Å². The minimum atomic E-state index is -1.49. The summed E-state index contributed by atoms with van der Waals surface area (Å²) in [7, 11) is 0. The third kappa shape index (κ3) is 5.08. The number of amides is 1. The van der Waals surface area contributed by atoms with E-state index in [1.807, 2.05) is 0 Å². The molecule has 1 fully saturated rings. The second-order valence-electron chi connectivity index (χ2n) is 8.33. The van der Waals surface area contributed by atoms with Crippen LogP contribution in [0.4, 0.5) is 4.39 Å². The first-order valence-corrected chi connectivity index (χ1v) is 11.3. The van der Waals surface area contributed by atoms with E-state index in [2.05, 4.69) is 30.8 Å². The maximum Gasteiger partial charge on any atom is 0.309 e. The molecule has 1 aliphatic heterocycles. The Bertz CT molecular complexity index is 1370. The molecule has 192 valence electrons. The fraction of sp³-hybridized carbons (Fsp3) is 0.304. The number of hydrogen-bond donors (Lipinski definition) is 4. The molecule has 1 saturated heterocycles. The summed E-state index contributed by atoms with van der Waals surface area (Å²) >= 11 is 0. The fourth-order valence-electron chi connectivity index (χ4n) is 4.02. The number of pyridine rings is 1. The van der Waals surface area contributed by atoms with Crippen LogP contribution in [-0.4, -0.2) is 76.3 Å². The molecule has 0 unspecified atom stereocenters. The van der Waals surface area contributed by atoms with Gasteiger partial charge in [-0.05, 0) is 29.8 Å². The van der Waals surface area contributed by atoms with Crippen LogP contribution in [0.15, 0.2) is 59.4 Å². The molecule has 0 bridgehead atoms. The first-order chi connectivity index (χ1) is 17.9. The molecule has 4 heterocycles. The van der Waals surface area contributed by atoms with Crippen molar-refractivity contribution in [1.82, 2.24) is 35.5 Å². The van der Waals surface area contributed by atoms with Gasteiger partial charge in [-0.2, -0.15) is 0 Å². The second kappa shape index (κ2) is 10.5. The standard InChI is InChI=1S/C23H22FN7O6/c24-14-3-1-2-13(8-14)15-10-31(30-27-15)17-18(33)16(11-32)36-20(19(17)34)22-28-29-23(37-22)21(35)26-9-12-4-6-25-7-5-12/h1-8,10,16-20,32-34H,9,11H2,(H,26,35)/t16-,17+,18+,19-,20-/m1/s1. The maximum atomic E-state index is 13.6. The largest absolute Gasteiger partial charge is 0.414 e. The Morgan fingerprint density at radius 1 is 1.11 bits per heavy atom. The zero-order valence-electron chi connectivity index (χ0n) is 19.1. The summed E-state index contributed by atoms with van der Waals surface area (Å²) in [6, 6.07) is 8.01. The minimum Gasteiger partial charge on any atom is -0.414 e. The molecule has 4 aromatic rings. The lowest BCUT2D eigenvalue weighted by atomic mass is 9.92. The van der Waals surface area contributed by atoms with Gasteiger partial charge in [0, 0.05) is 24.5 Å². The Labute approximate surface area is 208 Å². The molecule has 1 aliphatic rings. The monoisotopic (exact) mass is 511 g/mol. The number of aliphatic hydroxyl groups is 3. The maximum absolute atomic E-state index is 13.6. The molecule has 14 heteroatoms. The van der Waals surface area contributed by atoms with Gasteiger partial charge >= 0.3 is 11.8 Å². The number of hydrogen-bond acceptors (Lipinski definition) is 11. The predicted molar refractivity (Wildman–Crippen MR) is 121 cm³/mol. The van der Waals surface area contributed by atoms with E-state index in [1.54, 1.807) is 30.6 Å². The van der Waals surface area contributed by atoms with E-state index in [-0.39, 0.29) is 18.3 Å². The lowest BCUT2D eigenvalue weighted by Gasteiger charge is -2.40. The van der Waals surface area contributed by atoms with Crippen LogP contribution in [-0.2, 0) is 11.3 Å². The van der Waals surface area contributed by atoms with Crippen molar-refractivity contribution < 1.29 is 33.7 Å². The number of aliphatic hydroxyl groups excluding tert-OH is 3. The van der Waals surface area contributed by atoms with E-state index in [9.17, 15) is 24.5 Å².